The second-order valence-corrected chi connectivity index (χ2v) is 10.7. The number of hydrogen-bond donors (Lipinski definition) is 1. The zero-order valence-electron chi connectivity index (χ0n) is 22.0. The Morgan fingerprint density at radius 1 is 0.976 bits per heavy atom. The fourth-order valence-corrected chi connectivity index (χ4v) is 5.49. The lowest BCUT2D eigenvalue weighted by Crippen LogP contribution is -2.42. The van der Waals surface area contributed by atoms with Crippen LogP contribution in [0.15, 0.2) is 59.5 Å². The summed E-state index contributed by atoms with van der Waals surface area (Å²) >= 11 is 13.7. The predicted molar refractivity (Wildman–Crippen MR) is 151 cm³/mol. The Bertz CT molecular complexity index is 1320. The second-order valence-electron chi connectivity index (χ2n) is 8.85. The van der Waals surface area contributed by atoms with Crippen molar-refractivity contribution in [2.75, 3.05) is 19.7 Å². The van der Waals surface area contributed by atoms with Crippen LogP contribution < -0.4 is 0 Å². The number of carbonyl (C=O) groups excluding carboxylic acids is 2. The lowest BCUT2D eigenvalue weighted by molar-refractivity contribution is -0.183. The molecule has 1 saturated heterocycles. The predicted octanol–water partition coefficient (Wildman–Crippen LogP) is 6.85. The van der Waals surface area contributed by atoms with Crippen LogP contribution in [0, 0.1) is 5.92 Å². The lowest BCUT2D eigenvalue weighted by atomic mass is 9.96. The molecule has 1 amide bonds. The Balaban J connectivity index is 0.000000298. The Morgan fingerprint density at radius 2 is 1.54 bits per heavy atom. The van der Waals surface area contributed by atoms with Gasteiger partial charge in [-0.15, -0.1) is 11.8 Å². The van der Waals surface area contributed by atoms with Gasteiger partial charge >= 0.3 is 12.1 Å². The van der Waals surface area contributed by atoms with Crippen molar-refractivity contribution >= 4 is 46.8 Å². The van der Waals surface area contributed by atoms with E-state index in [1.54, 1.807) is 61.5 Å². The van der Waals surface area contributed by atoms with Gasteiger partial charge in [-0.2, -0.15) is 13.2 Å². The number of halogens is 5. The third kappa shape index (κ3) is 9.59. The molecule has 220 valence electrons. The molecule has 3 aromatic rings. The minimum absolute atomic E-state index is 0.0736. The number of benzene rings is 1. The van der Waals surface area contributed by atoms with E-state index in [4.69, 9.17) is 33.0 Å². The van der Waals surface area contributed by atoms with Crippen LogP contribution in [0.25, 0.3) is 0 Å². The monoisotopic (exact) mass is 629 g/mol. The van der Waals surface area contributed by atoms with Crippen LogP contribution in [0.5, 0.6) is 0 Å². The lowest BCUT2D eigenvalue weighted by Gasteiger charge is -2.32. The van der Waals surface area contributed by atoms with Gasteiger partial charge in [-0.3, -0.25) is 4.79 Å². The Hall–Kier alpha value is -2.86. The smallest absolute Gasteiger partial charge is 0.391 e. The molecule has 4 rings (SSSR count). The standard InChI is InChI=1S/C19H17Cl2F3N2OS.C9H11NO3/c20-14-4-2-5-15(21)17(14)28-11-13-3-1-6-16(25-13)18(27)26-9-7-12(8-10-26)19(22,23)24;1-2-13-9(12)8-5-3-4-7(6-11)10-8/h1-6,12H,7-11H2;3-5,11H,2,6H2,1H3. The molecule has 13 heteroatoms. The van der Waals surface area contributed by atoms with E-state index >= 15 is 0 Å². The van der Waals surface area contributed by atoms with Crippen LogP contribution in [0.1, 0.15) is 52.1 Å². The first-order valence-corrected chi connectivity index (χ1v) is 14.4. The number of aliphatic hydroxyl groups is 1. The van der Waals surface area contributed by atoms with Gasteiger partial charge in [-0.25, -0.2) is 14.8 Å². The highest BCUT2D eigenvalue weighted by Gasteiger charge is 2.41. The minimum Gasteiger partial charge on any atom is -0.461 e. The van der Waals surface area contributed by atoms with Crippen LogP contribution in [-0.2, 0) is 17.1 Å². The SMILES string of the molecule is CCOC(=O)c1cccc(CO)n1.O=C(c1cccc(CSc2c(Cl)cccc2Cl)n1)N1CCC(C(F)(F)F)CC1. The fraction of sp³-hybridized carbons (Fsp3) is 0.357. The number of esters is 1. The highest BCUT2D eigenvalue weighted by molar-refractivity contribution is 7.98. The van der Waals surface area contributed by atoms with E-state index in [0.717, 1.165) is 4.90 Å². The van der Waals surface area contributed by atoms with Crippen molar-refractivity contribution < 1.29 is 32.6 Å². The largest absolute Gasteiger partial charge is 0.461 e. The number of thioether (sulfide) groups is 1. The van der Waals surface area contributed by atoms with Gasteiger partial charge in [0.1, 0.15) is 11.4 Å². The van der Waals surface area contributed by atoms with Crippen molar-refractivity contribution in [1.29, 1.82) is 0 Å². The Kier molecular flexibility index (Phi) is 12.3. The number of likely N-dealkylation sites (tertiary alicyclic amines) is 1. The van der Waals surface area contributed by atoms with E-state index in [0.29, 0.717) is 33.8 Å². The molecule has 1 fully saturated rings. The maximum atomic E-state index is 12.8. The van der Waals surface area contributed by atoms with Crippen molar-refractivity contribution in [3.63, 3.8) is 0 Å². The summed E-state index contributed by atoms with van der Waals surface area (Å²) in [5.74, 6) is -1.69. The number of pyridine rings is 2. The first-order chi connectivity index (χ1) is 19.5. The van der Waals surface area contributed by atoms with Gasteiger partial charge in [0.2, 0.25) is 0 Å². The topological polar surface area (TPSA) is 92.6 Å². The molecule has 0 saturated carbocycles. The Labute approximate surface area is 250 Å². The van der Waals surface area contributed by atoms with Gasteiger partial charge < -0.3 is 14.7 Å². The number of hydrogen-bond acceptors (Lipinski definition) is 7. The zero-order chi connectivity index (χ0) is 30.0. The van der Waals surface area contributed by atoms with Crippen molar-refractivity contribution in [1.82, 2.24) is 14.9 Å². The molecule has 0 aliphatic carbocycles. The summed E-state index contributed by atoms with van der Waals surface area (Å²) in [6.45, 7) is 2.04. The van der Waals surface area contributed by atoms with Crippen molar-refractivity contribution in [2.45, 2.75) is 43.2 Å². The van der Waals surface area contributed by atoms with E-state index in [9.17, 15) is 22.8 Å². The molecule has 2 aromatic heterocycles. The van der Waals surface area contributed by atoms with Crippen LogP contribution in [0.2, 0.25) is 10.0 Å². The summed E-state index contributed by atoms with van der Waals surface area (Å²) in [5.41, 5.74) is 1.59. The molecule has 3 heterocycles. The van der Waals surface area contributed by atoms with Gasteiger partial charge in [0, 0.05) is 23.7 Å². The van der Waals surface area contributed by atoms with Crippen LogP contribution >= 0.6 is 35.0 Å². The molecule has 0 spiro atoms. The van der Waals surface area contributed by atoms with Gasteiger partial charge in [-0.05, 0) is 56.2 Å². The molecule has 1 aromatic carbocycles. The summed E-state index contributed by atoms with van der Waals surface area (Å²) in [4.78, 5) is 34.2. The number of carbonyl (C=O) groups is 2. The van der Waals surface area contributed by atoms with Gasteiger partial charge in [0.05, 0.1) is 40.6 Å². The number of amides is 1. The van der Waals surface area contributed by atoms with E-state index < -0.39 is 18.1 Å². The van der Waals surface area contributed by atoms with E-state index in [2.05, 4.69) is 9.97 Å². The number of nitrogens with zero attached hydrogens (tertiary/aromatic N) is 3. The van der Waals surface area contributed by atoms with Crippen molar-refractivity contribution in [3.05, 3.63) is 87.4 Å². The normalized spacial score (nSPS) is 13.8. The number of alkyl halides is 3. The molecule has 0 unspecified atom stereocenters. The quantitative estimate of drug-likeness (QED) is 0.226. The van der Waals surface area contributed by atoms with Crippen LogP contribution in [0.3, 0.4) is 0 Å². The molecule has 41 heavy (non-hydrogen) atoms. The molecule has 7 nitrogen and oxygen atoms in total. The molecule has 1 N–H and O–H groups in total. The maximum Gasteiger partial charge on any atom is 0.391 e. The van der Waals surface area contributed by atoms with Crippen molar-refractivity contribution in [2.24, 2.45) is 5.92 Å². The summed E-state index contributed by atoms with van der Waals surface area (Å²) in [6.07, 6.45) is -4.35. The average Bonchev–Trinajstić information content (AvgIpc) is 2.97. The van der Waals surface area contributed by atoms with Gasteiger partial charge in [0.15, 0.2) is 0 Å². The van der Waals surface area contributed by atoms with E-state index in [1.165, 1.54) is 16.7 Å². The number of ether oxygens (including phenoxy) is 1. The number of rotatable bonds is 7. The number of aromatic nitrogens is 2. The van der Waals surface area contributed by atoms with E-state index in [-0.39, 0.29) is 49.8 Å². The van der Waals surface area contributed by atoms with Crippen LogP contribution in [-0.4, -0.2) is 57.7 Å². The molecule has 0 bridgehead atoms. The molecule has 1 aliphatic rings. The highest BCUT2D eigenvalue weighted by Crippen LogP contribution is 2.36. The minimum atomic E-state index is -4.20. The highest BCUT2D eigenvalue weighted by atomic mass is 35.5. The summed E-state index contributed by atoms with van der Waals surface area (Å²) in [7, 11) is 0. The third-order valence-corrected chi connectivity index (χ3v) is 8.03. The first-order valence-electron chi connectivity index (χ1n) is 12.7. The number of piperidine rings is 1. The molecule has 0 atom stereocenters. The zero-order valence-corrected chi connectivity index (χ0v) is 24.4. The first kappa shape index (κ1) is 32.7. The van der Waals surface area contributed by atoms with Crippen LogP contribution in [0.4, 0.5) is 13.2 Å². The average molecular weight is 631 g/mol. The van der Waals surface area contributed by atoms with Crippen molar-refractivity contribution in [3.8, 4) is 0 Å². The molecular formula is C28H28Cl2F3N3O4S. The van der Waals surface area contributed by atoms with Gasteiger partial charge in [-0.1, -0.05) is 41.4 Å². The summed E-state index contributed by atoms with van der Waals surface area (Å²) in [6, 6.07) is 15.2. The molecule has 0 radical (unpaired) electrons. The number of aliphatic hydroxyl groups excluding tert-OH is 1. The van der Waals surface area contributed by atoms with E-state index in [1.807, 2.05) is 0 Å². The summed E-state index contributed by atoms with van der Waals surface area (Å²) < 4.78 is 43.1. The fourth-order valence-electron chi connectivity index (χ4n) is 3.90. The molecular weight excluding hydrogens is 602 g/mol. The maximum absolute atomic E-state index is 12.8. The Morgan fingerprint density at radius 3 is 2.12 bits per heavy atom. The molecule has 1 aliphatic heterocycles. The summed E-state index contributed by atoms with van der Waals surface area (Å²) in [5, 5.41) is 9.84. The van der Waals surface area contributed by atoms with Gasteiger partial charge in [0.25, 0.3) is 5.91 Å². The second kappa shape index (κ2) is 15.4. The third-order valence-electron chi connectivity index (χ3n) is 6.01.